The molecule has 0 aromatic heterocycles. The third-order valence-corrected chi connectivity index (χ3v) is 7.88. The van der Waals surface area contributed by atoms with E-state index >= 15 is 0 Å². The van der Waals surface area contributed by atoms with E-state index in [1.165, 1.54) is 109 Å². The number of ether oxygens (including phenoxy) is 2. The molecule has 0 fully saturated rings. The molecule has 1 N–H and O–H groups in total. The van der Waals surface area contributed by atoms with Gasteiger partial charge in [-0.15, -0.1) is 0 Å². The first-order valence-electron chi connectivity index (χ1n) is 18.5. The lowest BCUT2D eigenvalue weighted by Gasteiger charge is -2.12. The highest BCUT2D eigenvalue weighted by molar-refractivity contribution is 5.69. The van der Waals surface area contributed by atoms with E-state index in [0.717, 1.165) is 38.5 Å². The number of rotatable bonds is 33. The van der Waals surface area contributed by atoms with Crippen LogP contribution in [0, 0.1) is 0 Å². The number of aliphatic hydroxyl groups is 1. The topological polar surface area (TPSA) is 72.8 Å². The van der Waals surface area contributed by atoms with Gasteiger partial charge in [-0.05, 0) is 44.9 Å². The molecular weight excluding hydrogens is 548 g/mol. The molecule has 256 valence electrons. The number of unbranched alkanes of at least 4 members (excludes halogenated alkanes) is 19. The number of allylic oxidation sites excluding steroid dienone is 6. The normalized spacial score (nSPS) is 12.5. The number of aliphatic hydroxyl groups excluding tert-OH is 1. The molecule has 0 aliphatic rings. The molecule has 0 saturated carbocycles. The van der Waals surface area contributed by atoms with Crippen LogP contribution in [0.4, 0.5) is 0 Å². The summed E-state index contributed by atoms with van der Waals surface area (Å²) >= 11 is 0. The number of carbonyl (C=O) groups excluding carboxylic acids is 2. The maximum Gasteiger partial charge on any atom is 0.305 e. The van der Waals surface area contributed by atoms with E-state index in [0.29, 0.717) is 19.3 Å². The minimum Gasteiger partial charge on any atom is -0.463 e. The molecule has 0 aliphatic carbocycles. The molecule has 0 saturated heterocycles. The Labute approximate surface area is 272 Å². The Balaban J connectivity index is 3.52. The number of hydrogen-bond donors (Lipinski definition) is 1. The maximum absolute atomic E-state index is 11.9. The van der Waals surface area contributed by atoms with Crippen LogP contribution in [0.3, 0.4) is 0 Å². The van der Waals surface area contributed by atoms with Gasteiger partial charge in [0.05, 0.1) is 0 Å². The molecule has 1 atom stereocenters. The molecule has 0 aliphatic heterocycles. The largest absolute Gasteiger partial charge is 0.463 e. The van der Waals surface area contributed by atoms with Gasteiger partial charge in [-0.3, -0.25) is 9.59 Å². The molecule has 0 unspecified atom stereocenters. The van der Waals surface area contributed by atoms with Gasteiger partial charge >= 0.3 is 11.9 Å². The second kappa shape index (κ2) is 35.6. The Morgan fingerprint density at radius 2 is 0.818 bits per heavy atom. The van der Waals surface area contributed by atoms with Gasteiger partial charge in [-0.2, -0.15) is 0 Å². The van der Waals surface area contributed by atoms with Crippen molar-refractivity contribution >= 4 is 11.9 Å². The lowest BCUT2D eigenvalue weighted by atomic mass is 10.0. The molecule has 0 spiro atoms. The van der Waals surface area contributed by atoms with E-state index in [1.807, 2.05) is 0 Å². The highest BCUT2D eigenvalue weighted by Crippen LogP contribution is 2.13. The minimum absolute atomic E-state index is 0.129. The summed E-state index contributed by atoms with van der Waals surface area (Å²) in [5.41, 5.74) is 0. The number of carbonyl (C=O) groups is 2. The molecule has 0 aromatic rings. The number of hydrogen-bond acceptors (Lipinski definition) is 5. The summed E-state index contributed by atoms with van der Waals surface area (Å²) in [4.78, 5) is 23.8. The summed E-state index contributed by atoms with van der Waals surface area (Å²) < 4.78 is 10.3. The summed E-state index contributed by atoms with van der Waals surface area (Å²) in [5.74, 6) is -0.622. The van der Waals surface area contributed by atoms with Gasteiger partial charge in [0.2, 0.25) is 0 Å². The van der Waals surface area contributed by atoms with Crippen molar-refractivity contribution in [3.63, 3.8) is 0 Å². The summed E-state index contributed by atoms with van der Waals surface area (Å²) in [7, 11) is 0. The van der Waals surface area contributed by atoms with Crippen molar-refractivity contribution in [2.45, 2.75) is 187 Å². The van der Waals surface area contributed by atoms with E-state index < -0.39 is 6.10 Å². The van der Waals surface area contributed by atoms with E-state index in [9.17, 15) is 14.7 Å². The smallest absolute Gasteiger partial charge is 0.305 e. The van der Waals surface area contributed by atoms with Crippen molar-refractivity contribution in [1.29, 1.82) is 0 Å². The summed E-state index contributed by atoms with van der Waals surface area (Å²) in [6.45, 7) is 4.24. The lowest BCUT2D eigenvalue weighted by Crippen LogP contribution is -2.25. The van der Waals surface area contributed by atoms with Crippen molar-refractivity contribution in [2.75, 3.05) is 13.2 Å². The highest BCUT2D eigenvalue weighted by Gasteiger charge is 2.12. The first-order chi connectivity index (χ1) is 21.6. The molecule has 0 amide bonds. The summed E-state index contributed by atoms with van der Waals surface area (Å²) in [5, 5.41) is 9.98. The molecule has 0 rings (SSSR count). The Morgan fingerprint density at radius 1 is 0.477 bits per heavy atom. The van der Waals surface area contributed by atoms with Crippen LogP contribution in [0.15, 0.2) is 36.5 Å². The second-order valence-corrected chi connectivity index (χ2v) is 12.3. The predicted molar refractivity (Wildman–Crippen MR) is 187 cm³/mol. The molecule has 0 aromatic carbocycles. The third-order valence-electron chi connectivity index (χ3n) is 7.88. The van der Waals surface area contributed by atoms with Crippen LogP contribution >= 0.6 is 0 Å². The lowest BCUT2D eigenvalue weighted by molar-refractivity contribution is -0.152. The van der Waals surface area contributed by atoms with Crippen molar-refractivity contribution in [1.82, 2.24) is 0 Å². The Bertz CT molecular complexity index is 711. The van der Waals surface area contributed by atoms with Gasteiger partial charge in [-0.1, -0.05) is 159 Å². The SMILES string of the molecule is CCCCCCCC/C=C\C/C=C\C/C=C\CCCC(=O)OC[C@H](O)COC(=O)CCCCCCCCCCCCCCC. The fourth-order valence-corrected chi connectivity index (χ4v) is 5.04. The van der Waals surface area contributed by atoms with Crippen molar-refractivity contribution in [3.8, 4) is 0 Å². The van der Waals surface area contributed by atoms with Crippen LogP contribution in [0.1, 0.15) is 181 Å². The zero-order valence-electron chi connectivity index (χ0n) is 28.9. The third kappa shape index (κ3) is 34.6. The van der Waals surface area contributed by atoms with E-state index in [4.69, 9.17) is 9.47 Å². The van der Waals surface area contributed by atoms with Gasteiger partial charge in [0.1, 0.15) is 19.3 Å². The molecule has 0 radical (unpaired) electrons. The van der Waals surface area contributed by atoms with Gasteiger partial charge in [0, 0.05) is 12.8 Å². The van der Waals surface area contributed by atoms with E-state index in [2.05, 4.69) is 50.3 Å². The summed E-state index contributed by atoms with van der Waals surface area (Å²) in [6, 6.07) is 0. The first-order valence-corrected chi connectivity index (χ1v) is 18.5. The van der Waals surface area contributed by atoms with Crippen LogP contribution in [-0.4, -0.2) is 36.4 Å². The van der Waals surface area contributed by atoms with E-state index in [-0.39, 0.29) is 25.2 Å². The predicted octanol–water partition coefficient (Wildman–Crippen LogP) is 11.3. The van der Waals surface area contributed by atoms with E-state index in [1.54, 1.807) is 0 Å². The average Bonchev–Trinajstić information content (AvgIpc) is 3.02. The molecule has 0 heterocycles. The van der Waals surface area contributed by atoms with Gasteiger partial charge in [0.15, 0.2) is 0 Å². The van der Waals surface area contributed by atoms with Crippen molar-refractivity contribution in [3.05, 3.63) is 36.5 Å². The van der Waals surface area contributed by atoms with Gasteiger partial charge in [0.25, 0.3) is 0 Å². The molecule has 44 heavy (non-hydrogen) atoms. The minimum atomic E-state index is -0.980. The van der Waals surface area contributed by atoms with Crippen LogP contribution in [0.2, 0.25) is 0 Å². The number of esters is 2. The van der Waals surface area contributed by atoms with Gasteiger partial charge in [-0.25, -0.2) is 0 Å². The Kier molecular flexibility index (Phi) is 34.1. The monoisotopic (exact) mass is 619 g/mol. The fourth-order valence-electron chi connectivity index (χ4n) is 5.04. The summed E-state index contributed by atoms with van der Waals surface area (Å²) in [6.07, 6.45) is 42.0. The maximum atomic E-state index is 11.9. The van der Waals surface area contributed by atoms with Crippen LogP contribution in [-0.2, 0) is 19.1 Å². The highest BCUT2D eigenvalue weighted by atomic mass is 16.6. The average molecular weight is 619 g/mol. The van der Waals surface area contributed by atoms with Gasteiger partial charge < -0.3 is 14.6 Å². The quantitative estimate of drug-likeness (QED) is 0.0450. The zero-order chi connectivity index (χ0) is 32.2. The fraction of sp³-hybridized carbons (Fsp3) is 0.795. The second-order valence-electron chi connectivity index (χ2n) is 12.3. The zero-order valence-corrected chi connectivity index (χ0v) is 28.9. The molecule has 5 heteroatoms. The standard InChI is InChI=1S/C39H70O5/c1-3-5-7-9-11-13-15-17-18-19-20-22-24-26-28-30-32-34-39(42)44-36-37(40)35-43-38(41)33-31-29-27-25-23-21-16-14-12-10-8-6-4-2/h17-18,20,22,26,28,37,40H,3-16,19,21,23-25,27,29-36H2,1-2H3/b18-17-,22-20-,28-26-/t37-/m1/s1. The Morgan fingerprint density at radius 3 is 1.27 bits per heavy atom. The Hall–Kier alpha value is -1.88. The van der Waals surface area contributed by atoms with Crippen LogP contribution in [0.25, 0.3) is 0 Å². The van der Waals surface area contributed by atoms with Crippen molar-refractivity contribution < 1.29 is 24.2 Å². The van der Waals surface area contributed by atoms with Crippen molar-refractivity contribution in [2.24, 2.45) is 0 Å². The van der Waals surface area contributed by atoms with Crippen LogP contribution in [0.5, 0.6) is 0 Å². The van der Waals surface area contributed by atoms with Crippen LogP contribution < -0.4 is 0 Å². The molecule has 0 bridgehead atoms. The molecule has 5 nitrogen and oxygen atoms in total. The first kappa shape index (κ1) is 42.1. The molecular formula is C39H70O5.